The van der Waals surface area contributed by atoms with Crippen molar-refractivity contribution in [2.45, 2.75) is 0 Å². The normalized spacial score (nSPS) is 14.4. The average molecular weight is 451 g/mol. The van der Waals surface area contributed by atoms with Crippen molar-refractivity contribution in [3.05, 3.63) is 63.6 Å². The number of anilines is 1. The lowest BCUT2D eigenvalue weighted by Crippen LogP contribution is -2.47. The SMILES string of the molecule is CN1CCN(C(=O)c2cccc(NC(=S)NC(=O)c3cc(Cl)cc(Cl)c3)c2)CC1. The molecule has 0 unspecified atom stereocenters. The van der Waals surface area contributed by atoms with Gasteiger partial charge in [-0.1, -0.05) is 29.3 Å². The summed E-state index contributed by atoms with van der Waals surface area (Å²) in [5.41, 5.74) is 1.47. The summed E-state index contributed by atoms with van der Waals surface area (Å²) in [5, 5.41) is 6.33. The molecule has 2 amide bonds. The fraction of sp³-hybridized carbons (Fsp3) is 0.250. The van der Waals surface area contributed by atoms with E-state index in [4.69, 9.17) is 35.4 Å². The molecule has 2 aromatic rings. The van der Waals surface area contributed by atoms with Crippen LogP contribution in [-0.4, -0.2) is 60.0 Å². The summed E-state index contributed by atoms with van der Waals surface area (Å²) >= 11 is 17.1. The number of hydrogen-bond donors (Lipinski definition) is 2. The molecule has 1 aliphatic heterocycles. The van der Waals surface area contributed by atoms with Crippen LogP contribution >= 0.6 is 35.4 Å². The summed E-state index contributed by atoms with van der Waals surface area (Å²) in [5.74, 6) is -0.457. The van der Waals surface area contributed by atoms with Crippen molar-refractivity contribution in [2.75, 3.05) is 38.5 Å². The largest absolute Gasteiger partial charge is 0.336 e. The van der Waals surface area contributed by atoms with E-state index in [2.05, 4.69) is 15.5 Å². The summed E-state index contributed by atoms with van der Waals surface area (Å²) < 4.78 is 0. The zero-order valence-electron chi connectivity index (χ0n) is 15.7. The van der Waals surface area contributed by atoms with E-state index >= 15 is 0 Å². The number of likely N-dealkylation sites (N-methyl/N-ethyl adjacent to an activating group) is 1. The molecule has 0 atom stereocenters. The van der Waals surface area contributed by atoms with Gasteiger partial charge >= 0.3 is 0 Å². The third-order valence-electron chi connectivity index (χ3n) is 4.51. The lowest BCUT2D eigenvalue weighted by atomic mass is 10.1. The third kappa shape index (κ3) is 5.90. The van der Waals surface area contributed by atoms with Crippen LogP contribution in [0.25, 0.3) is 0 Å². The summed E-state index contributed by atoms with van der Waals surface area (Å²) in [7, 11) is 2.04. The average Bonchev–Trinajstić information content (AvgIpc) is 2.67. The zero-order chi connectivity index (χ0) is 21.0. The predicted molar refractivity (Wildman–Crippen MR) is 120 cm³/mol. The van der Waals surface area contributed by atoms with E-state index in [0.717, 1.165) is 13.1 Å². The minimum Gasteiger partial charge on any atom is -0.336 e. The van der Waals surface area contributed by atoms with Gasteiger partial charge in [-0.15, -0.1) is 0 Å². The maximum atomic E-state index is 12.7. The quantitative estimate of drug-likeness (QED) is 0.700. The van der Waals surface area contributed by atoms with E-state index in [9.17, 15) is 9.59 Å². The number of carbonyl (C=O) groups excluding carboxylic acids is 2. The Bertz CT molecular complexity index is 926. The molecule has 2 N–H and O–H groups in total. The Kier molecular flexibility index (Phi) is 7.08. The molecule has 2 aromatic carbocycles. The van der Waals surface area contributed by atoms with Crippen molar-refractivity contribution in [3.63, 3.8) is 0 Å². The highest BCUT2D eigenvalue weighted by molar-refractivity contribution is 7.80. The number of amides is 2. The number of halogens is 2. The van der Waals surface area contributed by atoms with Crippen LogP contribution in [0.5, 0.6) is 0 Å². The molecular weight excluding hydrogens is 431 g/mol. The summed E-state index contributed by atoms with van der Waals surface area (Å²) in [4.78, 5) is 29.1. The Balaban J connectivity index is 1.62. The van der Waals surface area contributed by atoms with E-state index in [1.54, 1.807) is 30.3 Å². The molecule has 3 rings (SSSR count). The second-order valence-electron chi connectivity index (χ2n) is 6.74. The van der Waals surface area contributed by atoms with Gasteiger partial charge in [-0.2, -0.15) is 0 Å². The minimum atomic E-state index is -0.434. The molecule has 1 aliphatic rings. The number of nitrogens with zero attached hydrogens (tertiary/aromatic N) is 2. The van der Waals surface area contributed by atoms with Gasteiger partial charge in [0.25, 0.3) is 11.8 Å². The second kappa shape index (κ2) is 9.54. The summed E-state index contributed by atoms with van der Waals surface area (Å²) in [6.07, 6.45) is 0. The Hall–Kier alpha value is -2.19. The van der Waals surface area contributed by atoms with Gasteiger partial charge in [-0.25, -0.2) is 0 Å². The van der Waals surface area contributed by atoms with Crippen LogP contribution in [0.2, 0.25) is 10.0 Å². The van der Waals surface area contributed by atoms with Gasteiger partial charge in [-0.05, 0) is 55.7 Å². The molecule has 0 aromatic heterocycles. The molecule has 1 saturated heterocycles. The lowest BCUT2D eigenvalue weighted by Gasteiger charge is -2.32. The van der Waals surface area contributed by atoms with E-state index in [0.29, 0.717) is 39.9 Å². The monoisotopic (exact) mass is 450 g/mol. The zero-order valence-corrected chi connectivity index (χ0v) is 18.1. The number of thiocarbonyl (C=S) groups is 1. The lowest BCUT2D eigenvalue weighted by molar-refractivity contribution is 0.0664. The Morgan fingerprint density at radius 2 is 1.62 bits per heavy atom. The van der Waals surface area contributed by atoms with Crippen LogP contribution in [-0.2, 0) is 0 Å². The molecule has 1 fully saturated rings. The fourth-order valence-electron chi connectivity index (χ4n) is 2.94. The smallest absolute Gasteiger partial charge is 0.257 e. The number of hydrogen-bond acceptors (Lipinski definition) is 4. The van der Waals surface area contributed by atoms with E-state index in [1.165, 1.54) is 12.1 Å². The van der Waals surface area contributed by atoms with Gasteiger partial charge in [0.05, 0.1) is 0 Å². The van der Waals surface area contributed by atoms with E-state index < -0.39 is 5.91 Å². The maximum absolute atomic E-state index is 12.7. The molecular formula is C20H20Cl2N4O2S. The van der Waals surface area contributed by atoms with Gasteiger partial charge in [0, 0.05) is 53.0 Å². The molecule has 0 aliphatic carbocycles. The van der Waals surface area contributed by atoms with Gasteiger partial charge in [0.15, 0.2) is 5.11 Å². The molecule has 29 heavy (non-hydrogen) atoms. The minimum absolute atomic E-state index is 0.0229. The first-order chi connectivity index (χ1) is 13.8. The van der Waals surface area contributed by atoms with Crippen LogP contribution in [0.1, 0.15) is 20.7 Å². The molecule has 1 heterocycles. The van der Waals surface area contributed by atoms with Crippen LogP contribution in [0.3, 0.4) is 0 Å². The van der Waals surface area contributed by atoms with Gasteiger partial charge < -0.3 is 15.1 Å². The second-order valence-corrected chi connectivity index (χ2v) is 8.02. The molecule has 9 heteroatoms. The number of carbonyl (C=O) groups is 2. The first kappa shape index (κ1) is 21.5. The Labute approximate surface area is 184 Å². The summed E-state index contributed by atoms with van der Waals surface area (Å²) in [6.45, 7) is 3.11. The number of nitrogens with one attached hydrogen (secondary N) is 2. The van der Waals surface area contributed by atoms with Crippen molar-refractivity contribution in [3.8, 4) is 0 Å². The van der Waals surface area contributed by atoms with Crippen molar-refractivity contribution in [1.29, 1.82) is 0 Å². The molecule has 0 bridgehead atoms. The first-order valence-corrected chi connectivity index (χ1v) is 10.1. The number of benzene rings is 2. The molecule has 0 radical (unpaired) electrons. The van der Waals surface area contributed by atoms with Crippen LogP contribution < -0.4 is 10.6 Å². The third-order valence-corrected chi connectivity index (χ3v) is 5.15. The Morgan fingerprint density at radius 3 is 2.28 bits per heavy atom. The molecule has 152 valence electrons. The maximum Gasteiger partial charge on any atom is 0.257 e. The molecule has 0 saturated carbocycles. The molecule has 6 nitrogen and oxygen atoms in total. The standard InChI is InChI=1S/C20H20Cl2N4O2S/c1-25-5-7-26(8-6-25)19(28)13-3-2-4-17(11-13)23-20(29)24-18(27)14-9-15(21)12-16(22)10-14/h2-4,9-12H,5-8H2,1H3,(H2,23,24,27,29). The fourth-order valence-corrected chi connectivity index (χ4v) is 3.68. The topological polar surface area (TPSA) is 64.7 Å². The van der Waals surface area contributed by atoms with Gasteiger partial charge in [0.1, 0.15) is 0 Å². The van der Waals surface area contributed by atoms with Crippen LogP contribution in [0.4, 0.5) is 5.69 Å². The van der Waals surface area contributed by atoms with Gasteiger partial charge in [0.2, 0.25) is 0 Å². The first-order valence-electron chi connectivity index (χ1n) is 8.98. The van der Waals surface area contributed by atoms with Crippen LogP contribution in [0.15, 0.2) is 42.5 Å². The van der Waals surface area contributed by atoms with E-state index in [1.807, 2.05) is 11.9 Å². The van der Waals surface area contributed by atoms with Gasteiger partial charge in [-0.3, -0.25) is 14.9 Å². The van der Waals surface area contributed by atoms with Crippen molar-refractivity contribution >= 4 is 58.0 Å². The predicted octanol–water partition coefficient (Wildman–Crippen LogP) is 3.51. The van der Waals surface area contributed by atoms with Crippen molar-refractivity contribution in [2.24, 2.45) is 0 Å². The number of rotatable bonds is 3. The highest BCUT2D eigenvalue weighted by atomic mass is 35.5. The highest BCUT2D eigenvalue weighted by Gasteiger charge is 2.20. The van der Waals surface area contributed by atoms with Crippen molar-refractivity contribution in [1.82, 2.24) is 15.1 Å². The number of piperazine rings is 1. The molecule has 0 spiro atoms. The highest BCUT2D eigenvalue weighted by Crippen LogP contribution is 2.19. The van der Waals surface area contributed by atoms with E-state index in [-0.39, 0.29) is 11.0 Å². The Morgan fingerprint density at radius 1 is 0.966 bits per heavy atom. The van der Waals surface area contributed by atoms with Crippen LogP contribution in [0, 0.1) is 0 Å². The van der Waals surface area contributed by atoms with Crippen molar-refractivity contribution < 1.29 is 9.59 Å². The summed E-state index contributed by atoms with van der Waals surface area (Å²) in [6, 6.07) is 11.6.